The highest BCUT2D eigenvalue weighted by atomic mass is 16.6. The lowest BCUT2D eigenvalue weighted by atomic mass is 10.2. The van der Waals surface area contributed by atoms with Crippen LogP contribution in [0.25, 0.3) is 0 Å². The van der Waals surface area contributed by atoms with Crippen LogP contribution in [0.5, 0.6) is 0 Å². The van der Waals surface area contributed by atoms with Gasteiger partial charge in [-0.25, -0.2) is 10.4 Å². The molecule has 24 heavy (non-hydrogen) atoms. The highest BCUT2D eigenvalue weighted by molar-refractivity contribution is 5.76. The number of benzene rings is 1. The van der Waals surface area contributed by atoms with E-state index in [0.717, 1.165) is 18.7 Å². The van der Waals surface area contributed by atoms with Crippen LogP contribution in [0, 0.1) is 0 Å². The number of hydrogen-bond acceptors (Lipinski definition) is 6. The molecule has 6 nitrogen and oxygen atoms in total. The van der Waals surface area contributed by atoms with Crippen molar-refractivity contribution in [1.82, 2.24) is 10.4 Å². The van der Waals surface area contributed by atoms with Gasteiger partial charge in [-0.3, -0.25) is 4.79 Å². The lowest BCUT2D eigenvalue weighted by Gasteiger charge is -2.32. The van der Waals surface area contributed by atoms with Crippen LogP contribution in [-0.2, 0) is 25.6 Å². The Bertz CT molecular complexity index is 495. The number of hydrazine groups is 1. The predicted molar refractivity (Wildman–Crippen MR) is 91.3 cm³/mol. The van der Waals surface area contributed by atoms with Gasteiger partial charge in [0, 0.05) is 13.1 Å². The zero-order chi connectivity index (χ0) is 17.4. The van der Waals surface area contributed by atoms with Crippen LogP contribution in [0.4, 0.5) is 0 Å². The fourth-order valence-electron chi connectivity index (χ4n) is 2.31. The van der Waals surface area contributed by atoms with E-state index in [0.29, 0.717) is 19.8 Å². The van der Waals surface area contributed by atoms with Gasteiger partial charge in [0.25, 0.3) is 0 Å². The summed E-state index contributed by atoms with van der Waals surface area (Å²) in [6.45, 7) is 9.07. The Morgan fingerprint density at radius 3 is 2.54 bits per heavy atom. The first-order valence-corrected chi connectivity index (χ1v) is 8.37. The number of ether oxygens (including phenoxy) is 3. The molecule has 0 aliphatic carbocycles. The third-order valence-electron chi connectivity index (χ3n) is 3.44. The fraction of sp³-hybridized carbons (Fsp3) is 0.611. The summed E-state index contributed by atoms with van der Waals surface area (Å²) < 4.78 is 16.6. The molecular weight excluding hydrogens is 308 g/mol. The molecule has 1 fully saturated rings. The van der Waals surface area contributed by atoms with E-state index < -0.39 is 11.6 Å². The highest BCUT2D eigenvalue weighted by Gasteiger charge is 2.27. The molecule has 0 bridgehead atoms. The zero-order valence-electron chi connectivity index (χ0n) is 14.8. The molecule has 1 N–H and O–H groups in total. The van der Waals surface area contributed by atoms with Crippen molar-refractivity contribution in [2.75, 3.05) is 32.9 Å². The summed E-state index contributed by atoms with van der Waals surface area (Å²) >= 11 is 0. The van der Waals surface area contributed by atoms with Crippen LogP contribution in [0.1, 0.15) is 26.3 Å². The largest absolute Gasteiger partial charge is 0.459 e. The minimum absolute atomic E-state index is 0.251. The zero-order valence-corrected chi connectivity index (χ0v) is 14.8. The number of hydrogen-bond donors (Lipinski definition) is 1. The standard InChI is InChI=1S/C18H28N2O4/c1-18(2,3)24-17(21)16(19-20-9-11-22-12-10-20)14-23-13-15-7-5-4-6-8-15/h4-8,16,19H,9-14H2,1-3H3/t16-/m0/s1. The summed E-state index contributed by atoms with van der Waals surface area (Å²) in [4.78, 5) is 12.5. The first kappa shape index (κ1) is 18.9. The quantitative estimate of drug-likeness (QED) is 0.766. The minimum atomic E-state index is -0.536. The second-order valence-corrected chi connectivity index (χ2v) is 6.82. The molecule has 0 amide bonds. The van der Waals surface area contributed by atoms with Crippen LogP contribution in [-0.4, -0.2) is 55.5 Å². The second-order valence-electron chi connectivity index (χ2n) is 6.82. The Hall–Kier alpha value is -1.47. The summed E-state index contributed by atoms with van der Waals surface area (Å²) in [7, 11) is 0. The van der Waals surface area contributed by atoms with Crippen molar-refractivity contribution >= 4 is 5.97 Å². The van der Waals surface area contributed by atoms with Crippen molar-refractivity contribution in [3.05, 3.63) is 35.9 Å². The Morgan fingerprint density at radius 1 is 1.25 bits per heavy atom. The van der Waals surface area contributed by atoms with Crippen LogP contribution in [0.3, 0.4) is 0 Å². The molecule has 1 aromatic rings. The van der Waals surface area contributed by atoms with Gasteiger partial charge < -0.3 is 14.2 Å². The van der Waals surface area contributed by atoms with E-state index in [1.165, 1.54) is 0 Å². The molecule has 1 aliphatic heterocycles. The van der Waals surface area contributed by atoms with Crippen molar-refractivity contribution < 1.29 is 19.0 Å². The summed E-state index contributed by atoms with van der Waals surface area (Å²) in [5.41, 5.74) is 3.77. The highest BCUT2D eigenvalue weighted by Crippen LogP contribution is 2.10. The molecule has 0 unspecified atom stereocenters. The van der Waals surface area contributed by atoms with E-state index in [2.05, 4.69) is 5.43 Å². The maximum atomic E-state index is 12.5. The Kier molecular flexibility index (Phi) is 7.17. The molecule has 1 aromatic carbocycles. The number of carbonyl (C=O) groups excluding carboxylic acids is 1. The van der Waals surface area contributed by atoms with Gasteiger partial charge in [0.1, 0.15) is 11.6 Å². The van der Waals surface area contributed by atoms with Crippen LogP contribution >= 0.6 is 0 Å². The average Bonchev–Trinajstić information content (AvgIpc) is 2.54. The lowest BCUT2D eigenvalue weighted by Crippen LogP contribution is -2.55. The van der Waals surface area contributed by atoms with Crippen LogP contribution < -0.4 is 5.43 Å². The van der Waals surface area contributed by atoms with Crippen molar-refractivity contribution in [2.24, 2.45) is 0 Å². The molecule has 1 aliphatic rings. The number of nitrogens with one attached hydrogen (secondary N) is 1. The van der Waals surface area contributed by atoms with Gasteiger partial charge in [-0.1, -0.05) is 30.3 Å². The first-order valence-electron chi connectivity index (χ1n) is 8.37. The molecule has 6 heteroatoms. The Balaban J connectivity index is 1.89. The van der Waals surface area contributed by atoms with Gasteiger partial charge in [-0.2, -0.15) is 0 Å². The monoisotopic (exact) mass is 336 g/mol. The first-order chi connectivity index (χ1) is 11.4. The van der Waals surface area contributed by atoms with Crippen molar-refractivity contribution in [3.63, 3.8) is 0 Å². The third-order valence-corrected chi connectivity index (χ3v) is 3.44. The summed E-state index contributed by atoms with van der Waals surface area (Å²) in [6.07, 6.45) is 0. The molecule has 1 saturated heterocycles. The van der Waals surface area contributed by atoms with E-state index in [1.54, 1.807) is 0 Å². The van der Waals surface area contributed by atoms with Gasteiger partial charge >= 0.3 is 5.97 Å². The summed E-state index contributed by atoms with van der Waals surface area (Å²) in [5, 5.41) is 1.99. The van der Waals surface area contributed by atoms with Gasteiger partial charge in [-0.05, 0) is 26.3 Å². The molecule has 2 rings (SSSR count). The maximum absolute atomic E-state index is 12.5. The molecule has 0 radical (unpaired) electrons. The van der Waals surface area contributed by atoms with E-state index >= 15 is 0 Å². The number of morpholine rings is 1. The van der Waals surface area contributed by atoms with Crippen molar-refractivity contribution in [1.29, 1.82) is 0 Å². The maximum Gasteiger partial charge on any atom is 0.327 e. The van der Waals surface area contributed by atoms with E-state index in [4.69, 9.17) is 14.2 Å². The topological polar surface area (TPSA) is 60.0 Å². The van der Waals surface area contributed by atoms with Crippen molar-refractivity contribution in [3.8, 4) is 0 Å². The van der Waals surface area contributed by atoms with Crippen LogP contribution in [0.15, 0.2) is 30.3 Å². The smallest absolute Gasteiger partial charge is 0.327 e. The van der Waals surface area contributed by atoms with E-state index in [1.807, 2.05) is 56.1 Å². The lowest BCUT2D eigenvalue weighted by molar-refractivity contribution is -0.162. The Morgan fingerprint density at radius 2 is 1.92 bits per heavy atom. The van der Waals surface area contributed by atoms with Gasteiger partial charge in [-0.15, -0.1) is 0 Å². The van der Waals surface area contributed by atoms with E-state index in [-0.39, 0.29) is 12.6 Å². The number of carbonyl (C=O) groups is 1. The molecular formula is C18H28N2O4. The predicted octanol–water partition coefficient (Wildman–Crippen LogP) is 1.75. The average molecular weight is 336 g/mol. The molecule has 0 saturated carbocycles. The SMILES string of the molecule is CC(C)(C)OC(=O)[C@H](COCc1ccccc1)NN1CCOCC1. The molecule has 0 spiro atoms. The number of nitrogens with zero attached hydrogens (tertiary/aromatic N) is 1. The van der Waals surface area contributed by atoms with Crippen LogP contribution in [0.2, 0.25) is 0 Å². The van der Waals surface area contributed by atoms with Gasteiger partial charge in [0.05, 0.1) is 26.4 Å². The number of rotatable bonds is 7. The fourth-order valence-corrected chi connectivity index (χ4v) is 2.31. The second kappa shape index (κ2) is 9.13. The minimum Gasteiger partial charge on any atom is -0.459 e. The van der Waals surface area contributed by atoms with Gasteiger partial charge in [0.2, 0.25) is 0 Å². The summed E-state index contributed by atoms with van der Waals surface area (Å²) in [5.74, 6) is -0.304. The molecule has 1 atom stereocenters. The third kappa shape index (κ3) is 6.97. The molecule has 0 aromatic heterocycles. The van der Waals surface area contributed by atoms with Crippen molar-refractivity contribution in [2.45, 2.75) is 39.0 Å². The normalized spacial score (nSPS) is 17.5. The summed E-state index contributed by atoms with van der Waals surface area (Å²) in [6, 6.07) is 9.36. The molecule has 1 heterocycles. The molecule has 134 valence electrons. The number of esters is 1. The van der Waals surface area contributed by atoms with E-state index in [9.17, 15) is 4.79 Å². The van der Waals surface area contributed by atoms with Gasteiger partial charge in [0.15, 0.2) is 0 Å². The Labute approximate surface area is 144 Å².